The van der Waals surface area contributed by atoms with Crippen LogP contribution in [0.5, 0.6) is 11.5 Å². The van der Waals surface area contributed by atoms with Crippen LogP contribution in [0.4, 0.5) is 67.7 Å². The average molecular weight is 1340 g/mol. The number of nitrogens with zero attached hydrogens (tertiary/aromatic N) is 11. The molecule has 3 aromatic heterocycles. The molecule has 0 spiro atoms. The third-order valence-electron chi connectivity index (χ3n) is 13.5. The van der Waals surface area contributed by atoms with Gasteiger partial charge in [-0.1, -0.05) is 90.1 Å². The number of hydrogen-bond acceptors (Lipinski definition) is 27. The van der Waals surface area contributed by atoms with Crippen LogP contribution in [0.2, 0.25) is 0 Å². The monoisotopic (exact) mass is 1340 g/mol. The number of hydrogen-bond donors (Lipinski definition) is 5. The minimum absolute atomic E-state index is 0.0665. The lowest BCUT2D eigenvalue weighted by Crippen LogP contribution is -2.22. The van der Waals surface area contributed by atoms with Crippen molar-refractivity contribution in [1.82, 2.24) is 24.9 Å². The Balaban J connectivity index is 0.00000285. The van der Waals surface area contributed by atoms with Gasteiger partial charge in [-0.05, 0) is 103 Å². The Morgan fingerprint density at radius 3 is 1.56 bits per heavy atom. The number of rotatable bonds is 27. The van der Waals surface area contributed by atoms with E-state index in [2.05, 4.69) is 61.5 Å². The number of aromatic nitrogens is 5. The summed E-state index contributed by atoms with van der Waals surface area (Å²) < 4.78 is 73.1. The highest BCUT2D eigenvalue weighted by Crippen LogP contribution is 2.44. The maximum atomic E-state index is 13.4. The maximum absolute atomic E-state index is 13.4. The van der Waals surface area contributed by atoms with Crippen molar-refractivity contribution in [3.05, 3.63) is 112 Å². The van der Waals surface area contributed by atoms with Crippen LogP contribution in [0, 0.1) is 0 Å². The summed E-state index contributed by atoms with van der Waals surface area (Å²) in [5.74, 6) is -1.33. The van der Waals surface area contributed by atoms with E-state index in [1.165, 1.54) is 38.1 Å². The number of benzene rings is 4. The number of para-hydroxylation sites is 2. The highest BCUT2D eigenvalue weighted by molar-refractivity contribution is 7.99. The molecular formula is C59H65N15O12S5. The predicted octanol–water partition coefficient (Wildman–Crippen LogP) is 12.7. The highest BCUT2D eigenvalue weighted by Gasteiger charge is 2.26. The van der Waals surface area contributed by atoms with Crippen LogP contribution in [0.1, 0.15) is 83.4 Å². The minimum Gasteiger partial charge on any atom is -0.494 e. The lowest BCUT2D eigenvalue weighted by molar-refractivity contribution is -0.120. The molecule has 478 valence electrons. The van der Waals surface area contributed by atoms with Gasteiger partial charge in [-0.25, -0.2) is 9.97 Å². The number of ether oxygens (including phenoxy) is 2. The molecule has 1 saturated carbocycles. The molecule has 0 atom stereocenters. The fourth-order valence-corrected chi connectivity index (χ4v) is 12.7. The highest BCUT2D eigenvalue weighted by atomic mass is 32.2. The van der Waals surface area contributed by atoms with Crippen molar-refractivity contribution < 1.29 is 54.2 Å². The molecule has 7 aromatic rings. The van der Waals surface area contributed by atoms with Crippen LogP contribution in [-0.2, 0) is 39.9 Å². The van der Waals surface area contributed by atoms with Crippen molar-refractivity contribution in [3.63, 3.8) is 0 Å². The van der Waals surface area contributed by atoms with Gasteiger partial charge in [0.25, 0.3) is 11.8 Å². The van der Waals surface area contributed by atoms with Crippen molar-refractivity contribution in [1.29, 1.82) is 0 Å². The van der Waals surface area contributed by atoms with Crippen LogP contribution in [0.3, 0.4) is 0 Å². The van der Waals surface area contributed by atoms with Gasteiger partial charge in [0, 0.05) is 61.1 Å². The van der Waals surface area contributed by atoms with Crippen LogP contribution in [0.15, 0.2) is 133 Å². The zero-order valence-corrected chi connectivity index (χ0v) is 54.7. The van der Waals surface area contributed by atoms with Gasteiger partial charge in [0.1, 0.15) is 22.9 Å². The first kappa shape index (κ1) is 69.3. The Bertz CT molecular complexity index is 4110. The summed E-state index contributed by atoms with van der Waals surface area (Å²) in [5, 5.41) is 30.0. The second-order valence-corrected chi connectivity index (χ2v) is 24.5. The summed E-state index contributed by atoms with van der Waals surface area (Å²) in [4.78, 5) is 79.9. The fraction of sp³-hybridized carbons (Fsp3) is 0.305. The van der Waals surface area contributed by atoms with E-state index in [0.717, 1.165) is 62.1 Å². The fourth-order valence-electron chi connectivity index (χ4n) is 9.10. The zero-order valence-electron chi connectivity index (χ0n) is 50.7. The molecule has 32 heteroatoms. The Morgan fingerprint density at radius 1 is 0.659 bits per heavy atom. The number of nitrogens with one attached hydrogen (secondary N) is 4. The Kier molecular flexibility index (Phi) is 25.1. The molecule has 4 aromatic carbocycles. The molecule has 27 nitrogen and oxygen atoms in total. The van der Waals surface area contributed by atoms with Crippen molar-refractivity contribution in [3.8, 4) is 11.5 Å². The summed E-state index contributed by atoms with van der Waals surface area (Å²) >= 11 is 3.33. The molecule has 1 aliphatic carbocycles. The molecule has 2 amide bonds. The largest absolute Gasteiger partial charge is 0.494 e. The number of anilines is 8. The van der Waals surface area contributed by atoms with E-state index in [4.69, 9.17) is 37.1 Å². The number of ketones is 2. The van der Waals surface area contributed by atoms with Crippen molar-refractivity contribution >= 4 is 158 Å². The zero-order chi connectivity index (χ0) is 65.8. The number of carbonyl (C=O) groups excluding carboxylic acids is 4. The molecule has 0 radical (unpaired) electrons. The lowest BCUT2D eigenvalue weighted by Gasteiger charge is -2.25. The number of thiazole rings is 2. The molecular weight excluding hydrogens is 1270 g/mol. The summed E-state index contributed by atoms with van der Waals surface area (Å²) in [5.41, 5.74) is 3.16. The van der Waals surface area contributed by atoms with Crippen LogP contribution >= 0.6 is 34.4 Å². The van der Waals surface area contributed by atoms with Gasteiger partial charge in [0.2, 0.25) is 27.2 Å². The number of thioether (sulfide) groups is 1. The standard InChI is InChI=1S/C59H65N15O9S4.O3S/c1-9-73(10-2)47-30-43(45(32-49(47)82-7)69-71-57-60-34-40(85-57)28-41(35(5)75)52(77)61-37-22-16-13-17-23-37)63-55-66-56(68-58(67-55)84-39-26-20-15-21-27-39)64-44-31-48(74(11-3)12-4)50(83-8)33-46(44)70-72-59-65-54(87(79,80)81)51(86-59)29-42(36(6)76)53(78)62-38-24-18-14-19-25-38;1-4(2)3/h13-14,16-19,22-25,28-34,39H,9-12,15,20-21,26-27H2,1-8H3,(H,61,77)(H,62,78)(H,79,80,81)(H2,63,64,66,67,68);/b41-28+,42-29-,71-69?,72-70?;. The first-order valence-corrected chi connectivity index (χ1v) is 33.2. The number of azo groups is 2. The first-order valence-electron chi connectivity index (χ1n) is 28.3. The summed E-state index contributed by atoms with van der Waals surface area (Å²) in [6.07, 6.45) is 9.18. The van der Waals surface area contributed by atoms with Crippen LogP contribution in [0.25, 0.3) is 12.2 Å². The Hall–Kier alpha value is -9.21. The van der Waals surface area contributed by atoms with E-state index in [9.17, 15) is 32.1 Å². The Morgan fingerprint density at radius 2 is 1.12 bits per heavy atom. The summed E-state index contributed by atoms with van der Waals surface area (Å²) in [6.45, 7) is 13.0. The summed E-state index contributed by atoms with van der Waals surface area (Å²) in [6, 6.07) is 24.2. The maximum Gasteiger partial charge on any atom is 0.425 e. The van der Waals surface area contributed by atoms with Gasteiger partial charge in [-0.2, -0.15) is 23.4 Å². The van der Waals surface area contributed by atoms with Gasteiger partial charge >= 0.3 is 20.7 Å². The molecule has 1 aliphatic rings. The van der Waals surface area contributed by atoms with E-state index in [-0.39, 0.29) is 43.5 Å². The molecule has 0 aliphatic heterocycles. The first-order chi connectivity index (χ1) is 43.6. The molecule has 3 heterocycles. The molecule has 5 N–H and O–H groups in total. The molecule has 0 unspecified atom stereocenters. The van der Waals surface area contributed by atoms with Crippen molar-refractivity contribution in [2.45, 2.75) is 89.1 Å². The number of methoxy groups -OCH3 is 2. The van der Waals surface area contributed by atoms with Gasteiger partial charge < -0.3 is 40.5 Å². The molecule has 0 saturated heterocycles. The normalized spacial score (nSPS) is 12.8. The Labute approximate surface area is 538 Å². The van der Waals surface area contributed by atoms with E-state index < -0.39 is 54.7 Å². The molecule has 1 fully saturated rings. The average Bonchev–Trinajstić information content (AvgIpc) is 1.86. The summed E-state index contributed by atoms with van der Waals surface area (Å²) in [7, 11) is -5.06. The SMILES string of the molecule is CCN(CC)c1cc(Nc2nc(Nc3cc(N(CC)CC)c(OC)cc3N=Nc3nc(S(=O)(=O)O)c(/C=C(/C(C)=O)C(=O)Nc4ccccc4)s3)nc(SC3CCCCC3)n2)c(N=Nc2ncc(/C=C(\C(C)=O)C(=O)Nc3ccccc3)s2)cc1OC.O=S(=O)=O. The van der Waals surface area contributed by atoms with Gasteiger partial charge in [-0.15, -0.1) is 33.1 Å². The topological polar surface area (TPSA) is 361 Å². The second kappa shape index (κ2) is 33.0. The molecule has 8 rings (SSSR count). The second-order valence-electron chi connectivity index (χ2n) is 19.5. The third kappa shape index (κ3) is 19.6. The van der Waals surface area contributed by atoms with Gasteiger partial charge in [-0.3, -0.25) is 23.7 Å². The van der Waals surface area contributed by atoms with Crippen molar-refractivity contribution in [2.24, 2.45) is 20.5 Å². The van der Waals surface area contributed by atoms with Crippen LogP contribution in [-0.4, -0.2) is 120 Å². The van der Waals surface area contributed by atoms with Gasteiger partial charge in [0.15, 0.2) is 16.7 Å². The number of Topliss-reactive ketones (excluding diaryl/α,β-unsaturated/α-hetero) is 2. The van der Waals surface area contributed by atoms with Crippen molar-refractivity contribution in [2.75, 3.05) is 71.5 Å². The van der Waals surface area contributed by atoms with E-state index >= 15 is 0 Å². The number of amides is 2. The molecule has 91 heavy (non-hydrogen) atoms. The quantitative estimate of drug-likeness (QED) is 0.0105. The minimum atomic E-state index is -5.02. The van der Waals surface area contributed by atoms with E-state index in [0.29, 0.717) is 93.2 Å². The number of carbonyl (C=O) groups is 4. The van der Waals surface area contributed by atoms with Gasteiger partial charge in [0.05, 0.1) is 57.9 Å². The smallest absolute Gasteiger partial charge is 0.425 e. The predicted molar refractivity (Wildman–Crippen MR) is 352 cm³/mol. The van der Waals surface area contributed by atoms with E-state index in [1.807, 2.05) is 39.8 Å². The van der Waals surface area contributed by atoms with Crippen LogP contribution < -0.4 is 40.5 Å². The molecule has 0 bridgehead atoms. The third-order valence-corrected chi connectivity index (χ3v) is 17.3. The lowest BCUT2D eigenvalue weighted by atomic mass is 10.0. The van der Waals surface area contributed by atoms with E-state index in [1.54, 1.807) is 79.9 Å².